The fourth-order valence-electron chi connectivity index (χ4n) is 4.23. The van der Waals surface area contributed by atoms with Crippen LogP contribution in [0.1, 0.15) is 44.2 Å². The van der Waals surface area contributed by atoms with Crippen LogP contribution in [-0.2, 0) is 11.2 Å². The van der Waals surface area contributed by atoms with Crippen LogP contribution in [0.3, 0.4) is 0 Å². The van der Waals surface area contributed by atoms with Gasteiger partial charge in [0.1, 0.15) is 0 Å². The molecule has 1 aromatic heterocycles. The minimum absolute atomic E-state index is 0.343. The Morgan fingerprint density at radius 1 is 1.23 bits per heavy atom. The van der Waals surface area contributed by atoms with Gasteiger partial charge in [-0.2, -0.15) is 0 Å². The summed E-state index contributed by atoms with van der Waals surface area (Å²) in [5.74, 6) is 1.08. The van der Waals surface area contributed by atoms with E-state index in [2.05, 4.69) is 27.3 Å². The third-order valence-corrected chi connectivity index (χ3v) is 6.13. The quantitative estimate of drug-likeness (QED) is 0.813. The second kappa shape index (κ2) is 10.0. The van der Waals surface area contributed by atoms with E-state index in [1.165, 1.54) is 18.5 Å². The third kappa shape index (κ3) is 5.78. The number of rotatable bonds is 7. The lowest BCUT2D eigenvalue weighted by molar-refractivity contribution is -0.133. The molecule has 3 heterocycles. The Bertz CT molecular complexity index is 536. The van der Waals surface area contributed by atoms with Crippen molar-refractivity contribution in [2.24, 2.45) is 5.92 Å². The minimum Gasteiger partial charge on any atom is -0.343 e. The van der Waals surface area contributed by atoms with Gasteiger partial charge < -0.3 is 15.1 Å². The number of aromatic nitrogens is 1. The monoisotopic (exact) mass is 358 g/mol. The van der Waals surface area contributed by atoms with Crippen molar-refractivity contribution in [1.82, 2.24) is 20.1 Å². The summed E-state index contributed by atoms with van der Waals surface area (Å²) >= 11 is 0. The van der Waals surface area contributed by atoms with Gasteiger partial charge in [-0.05, 0) is 63.2 Å². The van der Waals surface area contributed by atoms with Gasteiger partial charge in [-0.1, -0.05) is 6.07 Å². The molecule has 0 atom stereocenters. The largest absolute Gasteiger partial charge is 0.343 e. The van der Waals surface area contributed by atoms with Crippen molar-refractivity contribution >= 4 is 5.91 Å². The molecule has 0 aliphatic carbocycles. The molecule has 1 N–H and O–H groups in total. The van der Waals surface area contributed by atoms with Crippen LogP contribution in [0.4, 0.5) is 0 Å². The van der Waals surface area contributed by atoms with E-state index in [-0.39, 0.29) is 0 Å². The van der Waals surface area contributed by atoms with Crippen LogP contribution in [0.2, 0.25) is 0 Å². The number of pyridine rings is 1. The molecule has 2 saturated heterocycles. The fraction of sp³-hybridized carbons (Fsp3) is 0.714. The van der Waals surface area contributed by atoms with Gasteiger partial charge in [-0.25, -0.2) is 0 Å². The van der Waals surface area contributed by atoms with Gasteiger partial charge in [0, 0.05) is 57.5 Å². The van der Waals surface area contributed by atoms with Crippen molar-refractivity contribution in [2.45, 2.75) is 51.0 Å². The summed E-state index contributed by atoms with van der Waals surface area (Å²) in [6, 6.07) is 6.54. The summed E-state index contributed by atoms with van der Waals surface area (Å²) in [4.78, 5) is 21.5. The zero-order valence-corrected chi connectivity index (χ0v) is 16.2. The van der Waals surface area contributed by atoms with Crippen molar-refractivity contribution in [3.63, 3.8) is 0 Å². The first-order chi connectivity index (χ1) is 12.7. The van der Waals surface area contributed by atoms with Gasteiger partial charge in [0.05, 0.1) is 0 Å². The van der Waals surface area contributed by atoms with E-state index in [0.717, 1.165) is 70.7 Å². The maximum absolute atomic E-state index is 12.6. The molecule has 2 aliphatic heterocycles. The van der Waals surface area contributed by atoms with Crippen molar-refractivity contribution in [3.8, 4) is 0 Å². The molecule has 0 saturated carbocycles. The normalized spacial score (nSPS) is 20.2. The molecule has 0 unspecified atom stereocenters. The van der Waals surface area contributed by atoms with E-state index in [4.69, 9.17) is 0 Å². The molecule has 144 valence electrons. The number of carbonyl (C=O) groups is 1. The molecule has 0 radical (unpaired) electrons. The lowest BCUT2D eigenvalue weighted by Gasteiger charge is -2.37. The maximum atomic E-state index is 12.6. The molecule has 1 aromatic rings. The molecule has 3 rings (SSSR count). The summed E-state index contributed by atoms with van der Waals surface area (Å²) in [6.45, 7) is 5.47. The van der Waals surface area contributed by atoms with E-state index in [0.29, 0.717) is 11.9 Å². The number of likely N-dealkylation sites (tertiary alicyclic amines) is 1. The van der Waals surface area contributed by atoms with E-state index in [1.54, 1.807) is 0 Å². The average Bonchev–Trinajstić information content (AvgIpc) is 2.72. The first-order valence-electron chi connectivity index (χ1n) is 10.3. The first kappa shape index (κ1) is 19.3. The molecular formula is C21H34N4O. The second-order valence-electron chi connectivity index (χ2n) is 7.88. The minimum atomic E-state index is 0.343. The van der Waals surface area contributed by atoms with Gasteiger partial charge in [-0.3, -0.25) is 9.78 Å². The summed E-state index contributed by atoms with van der Waals surface area (Å²) in [7, 11) is 2.01. The molecule has 26 heavy (non-hydrogen) atoms. The molecule has 0 spiro atoms. The van der Waals surface area contributed by atoms with Gasteiger partial charge in [-0.15, -0.1) is 0 Å². The topological polar surface area (TPSA) is 48.5 Å². The van der Waals surface area contributed by atoms with Crippen LogP contribution >= 0.6 is 0 Å². The van der Waals surface area contributed by atoms with Crippen molar-refractivity contribution in [1.29, 1.82) is 0 Å². The van der Waals surface area contributed by atoms with E-state index >= 15 is 0 Å². The van der Waals surface area contributed by atoms with Crippen molar-refractivity contribution in [3.05, 3.63) is 30.1 Å². The average molecular weight is 359 g/mol. The Hall–Kier alpha value is -1.46. The number of piperidine rings is 2. The summed E-state index contributed by atoms with van der Waals surface area (Å²) < 4.78 is 0. The lowest BCUT2D eigenvalue weighted by atomic mass is 9.92. The van der Waals surface area contributed by atoms with Gasteiger partial charge in [0.2, 0.25) is 5.91 Å². The Labute approximate surface area is 158 Å². The maximum Gasteiger partial charge on any atom is 0.222 e. The van der Waals surface area contributed by atoms with E-state index < -0.39 is 0 Å². The summed E-state index contributed by atoms with van der Waals surface area (Å²) in [5.41, 5.74) is 1.17. The smallest absolute Gasteiger partial charge is 0.222 e. The third-order valence-electron chi connectivity index (χ3n) is 6.13. The Morgan fingerprint density at radius 2 is 2.00 bits per heavy atom. The van der Waals surface area contributed by atoms with E-state index in [1.807, 2.05) is 24.2 Å². The van der Waals surface area contributed by atoms with Crippen LogP contribution in [0, 0.1) is 5.92 Å². The van der Waals surface area contributed by atoms with Crippen LogP contribution in [-0.4, -0.2) is 66.5 Å². The molecule has 2 fully saturated rings. The highest BCUT2D eigenvalue weighted by Gasteiger charge is 2.25. The van der Waals surface area contributed by atoms with Crippen LogP contribution in [0.15, 0.2) is 24.4 Å². The number of nitrogens with one attached hydrogen (secondary N) is 1. The van der Waals surface area contributed by atoms with Gasteiger partial charge >= 0.3 is 0 Å². The molecule has 1 amide bonds. The summed E-state index contributed by atoms with van der Waals surface area (Å²) in [5, 5.41) is 3.40. The Morgan fingerprint density at radius 3 is 2.69 bits per heavy atom. The number of hydrogen-bond donors (Lipinski definition) is 1. The summed E-state index contributed by atoms with van der Waals surface area (Å²) in [6.07, 6.45) is 9.31. The Balaban J connectivity index is 1.34. The number of nitrogens with zero attached hydrogens (tertiary/aromatic N) is 3. The van der Waals surface area contributed by atoms with Crippen molar-refractivity contribution < 1.29 is 4.79 Å². The van der Waals surface area contributed by atoms with Gasteiger partial charge in [0.15, 0.2) is 0 Å². The first-order valence-corrected chi connectivity index (χ1v) is 10.3. The van der Waals surface area contributed by atoms with Crippen molar-refractivity contribution in [2.75, 3.05) is 39.8 Å². The number of carbonyl (C=O) groups excluding carboxylic acids is 1. The predicted octanol–water partition coefficient (Wildman–Crippen LogP) is 2.33. The molecule has 0 aromatic carbocycles. The van der Waals surface area contributed by atoms with Crippen LogP contribution < -0.4 is 5.32 Å². The fourth-order valence-corrected chi connectivity index (χ4v) is 4.23. The highest BCUT2D eigenvalue weighted by Crippen LogP contribution is 2.21. The number of amides is 1. The molecule has 5 heteroatoms. The predicted molar refractivity (Wildman–Crippen MR) is 105 cm³/mol. The SMILES string of the molecule is CN(C(=O)CCC1CCNCC1)C1CCN(CCc2ccccn2)CC1. The zero-order chi connectivity index (χ0) is 18.2. The number of hydrogen-bond acceptors (Lipinski definition) is 4. The van der Waals surface area contributed by atoms with Crippen LogP contribution in [0.25, 0.3) is 0 Å². The molecule has 5 nitrogen and oxygen atoms in total. The molecular weight excluding hydrogens is 324 g/mol. The van der Waals surface area contributed by atoms with Gasteiger partial charge in [0.25, 0.3) is 0 Å². The molecule has 2 aliphatic rings. The zero-order valence-electron chi connectivity index (χ0n) is 16.2. The highest BCUT2D eigenvalue weighted by molar-refractivity contribution is 5.76. The lowest BCUT2D eigenvalue weighted by Crippen LogP contribution is -2.46. The standard InChI is InChI=1S/C21H34N4O/c1-24(21(26)6-5-18-7-13-22-14-8-18)20-10-16-25(17-11-20)15-9-19-4-2-3-12-23-19/h2-4,12,18,20,22H,5-11,13-17H2,1H3. The highest BCUT2D eigenvalue weighted by atomic mass is 16.2. The van der Waals surface area contributed by atoms with E-state index in [9.17, 15) is 4.79 Å². The molecule has 0 bridgehead atoms. The Kier molecular flexibility index (Phi) is 7.44. The second-order valence-corrected chi connectivity index (χ2v) is 7.88. The van der Waals surface area contributed by atoms with Crippen LogP contribution in [0.5, 0.6) is 0 Å².